The zero-order valence-electron chi connectivity index (χ0n) is 19.3. The number of ether oxygens (including phenoxy) is 1. The Bertz CT molecular complexity index is 1100. The smallest absolute Gasteiger partial charge is 0.263 e. The van der Waals surface area contributed by atoms with Crippen LogP contribution in [-0.2, 0) is 20.2 Å². The van der Waals surface area contributed by atoms with Crippen LogP contribution in [0.4, 0.5) is 5.69 Å². The summed E-state index contributed by atoms with van der Waals surface area (Å²) in [6.45, 7) is 12.1. The van der Waals surface area contributed by atoms with Gasteiger partial charge in [0, 0.05) is 0 Å². The molecule has 1 N–H and O–H groups in total. The van der Waals surface area contributed by atoms with E-state index in [-0.39, 0.29) is 23.9 Å². The zero-order valence-corrected chi connectivity index (χ0v) is 20.1. The fourth-order valence-corrected chi connectivity index (χ4v) is 4.69. The van der Waals surface area contributed by atoms with Crippen LogP contribution in [-0.4, -0.2) is 33.2 Å². The van der Waals surface area contributed by atoms with Crippen molar-refractivity contribution in [2.24, 2.45) is 0 Å². The molecule has 31 heavy (non-hydrogen) atoms. The van der Waals surface area contributed by atoms with Gasteiger partial charge in [-0.2, -0.15) is 0 Å². The maximum absolute atomic E-state index is 13.0. The second kappa shape index (κ2) is 8.19. The van der Waals surface area contributed by atoms with Gasteiger partial charge in [-0.3, -0.25) is 9.10 Å². The Balaban J connectivity index is 1.88. The number of nitrogens with one attached hydrogen (secondary N) is 1. The van der Waals surface area contributed by atoms with E-state index in [0.717, 1.165) is 28.5 Å². The first-order chi connectivity index (χ1) is 14.3. The summed E-state index contributed by atoms with van der Waals surface area (Å²) < 4.78 is 32.3. The Kier molecular flexibility index (Phi) is 6.11. The Morgan fingerprint density at radius 3 is 2.45 bits per heavy atom. The number of nitrogens with zero attached hydrogens (tertiary/aromatic N) is 1. The van der Waals surface area contributed by atoms with Gasteiger partial charge in [-0.15, -0.1) is 0 Å². The predicted octanol–water partition coefficient (Wildman–Crippen LogP) is 4.01. The molecule has 2 aromatic carbocycles. The number of hydrogen-bond acceptors (Lipinski definition) is 4. The summed E-state index contributed by atoms with van der Waals surface area (Å²) in [5, 5.41) is 2.99. The van der Waals surface area contributed by atoms with Crippen LogP contribution in [0.5, 0.6) is 5.75 Å². The molecule has 3 rings (SSSR count). The number of fused-ring (bicyclic) bond motifs is 1. The molecular formula is C24H32N2O4S. The minimum absolute atomic E-state index is 0.0647. The minimum atomic E-state index is -3.59. The molecule has 7 heteroatoms. The van der Waals surface area contributed by atoms with Crippen molar-refractivity contribution in [2.75, 3.05) is 17.1 Å². The quantitative estimate of drug-likeness (QED) is 0.773. The number of amides is 1. The van der Waals surface area contributed by atoms with Gasteiger partial charge in [0.05, 0.1) is 24.5 Å². The second-order valence-corrected chi connectivity index (χ2v) is 11.3. The van der Waals surface area contributed by atoms with E-state index in [1.807, 2.05) is 51.1 Å². The predicted molar refractivity (Wildman–Crippen MR) is 124 cm³/mol. The number of carbonyl (C=O) groups is 1. The van der Waals surface area contributed by atoms with Crippen LogP contribution in [0.1, 0.15) is 56.0 Å². The molecule has 0 radical (unpaired) electrons. The topological polar surface area (TPSA) is 75.7 Å². The molecule has 1 heterocycles. The van der Waals surface area contributed by atoms with E-state index in [0.29, 0.717) is 11.4 Å². The molecule has 1 aliphatic rings. The van der Waals surface area contributed by atoms with E-state index < -0.39 is 16.1 Å². The van der Waals surface area contributed by atoms with Gasteiger partial charge in [-0.25, -0.2) is 8.42 Å². The monoisotopic (exact) mass is 444 g/mol. The maximum atomic E-state index is 13.0. The summed E-state index contributed by atoms with van der Waals surface area (Å²) >= 11 is 0. The lowest BCUT2D eigenvalue weighted by atomic mass is 9.86. The third kappa shape index (κ3) is 5.03. The van der Waals surface area contributed by atoms with Gasteiger partial charge in [0.2, 0.25) is 10.0 Å². The van der Waals surface area contributed by atoms with Crippen LogP contribution in [0.3, 0.4) is 0 Å². The highest BCUT2D eigenvalue weighted by Crippen LogP contribution is 2.38. The average Bonchev–Trinajstić information content (AvgIpc) is 2.66. The van der Waals surface area contributed by atoms with Gasteiger partial charge in [0.1, 0.15) is 5.75 Å². The molecule has 6 nitrogen and oxygen atoms in total. The Morgan fingerprint density at radius 1 is 1.16 bits per heavy atom. The van der Waals surface area contributed by atoms with Gasteiger partial charge in [0.15, 0.2) is 6.10 Å². The van der Waals surface area contributed by atoms with Crippen molar-refractivity contribution < 1.29 is 17.9 Å². The van der Waals surface area contributed by atoms with Crippen LogP contribution in [0, 0.1) is 13.8 Å². The van der Waals surface area contributed by atoms with Gasteiger partial charge in [-0.05, 0) is 55.0 Å². The summed E-state index contributed by atoms with van der Waals surface area (Å²) in [4.78, 5) is 13.0. The first kappa shape index (κ1) is 23.1. The second-order valence-electron chi connectivity index (χ2n) is 9.42. The average molecular weight is 445 g/mol. The summed E-state index contributed by atoms with van der Waals surface area (Å²) in [5.41, 5.74) is 4.55. The molecule has 2 atom stereocenters. The zero-order chi connectivity index (χ0) is 23.1. The van der Waals surface area contributed by atoms with Crippen LogP contribution < -0.4 is 14.4 Å². The number of anilines is 1. The molecule has 2 aromatic rings. The van der Waals surface area contributed by atoms with Gasteiger partial charge in [-0.1, -0.05) is 50.6 Å². The Labute approximate surface area is 185 Å². The third-order valence-corrected chi connectivity index (χ3v) is 6.79. The first-order valence-corrected chi connectivity index (χ1v) is 12.3. The lowest BCUT2D eigenvalue weighted by Gasteiger charge is -2.35. The van der Waals surface area contributed by atoms with Crippen LogP contribution >= 0.6 is 0 Å². The van der Waals surface area contributed by atoms with Crippen molar-refractivity contribution in [3.05, 3.63) is 58.7 Å². The number of benzene rings is 2. The van der Waals surface area contributed by atoms with Crippen molar-refractivity contribution in [3.63, 3.8) is 0 Å². The molecule has 0 aliphatic carbocycles. The molecule has 0 aromatic heterocycles. The van der Waals surface area contributed by atoms with Crippen molar-refractivity contribution >= 4 is 21.6 Å². The fourth-order valence-electron chi connectivity index (χ4n) is 3.78. The van der Waals surface area contributed by atoms with Crippen LogP contribution in [0.2, 0.25) is 0 Å². The van der Waals surface area contributed by atoms with E-state index in [2.05, 4.69) is 26.1 Å². The van der Waals surface area contributed by atoms with E-state index in [1.165, 1.54) is 4.31 Å². The molecule has 1 aliphatic heterocycles. The highest BCUT2D eigenvalue weighted by Gasteiger charge is 2.36. The van der Waals surface area contributed by atoms with Crippen LogP contribution in [0.15, 0.2) is 36.4 Å². The standard InChI is InChI=1S/C24H32N2O4S/c1-15-8-9-16(2)19(12-15)17(3)25-23(27)22-14-26(31(7,28)29)20-13-18(24(4,5)6)10-11-21(20)30-22/h8-13,17,22H,14H2,1-7H3,(H,25,27)/t17-,22+/m1/s1. The first-order valence-electron chi connectivity index (χ1n) is 10.4. The van der Waals surface area contributed by atoms with Crippen molar-refractivity contribution in [2.45, 2.75) is 59.1 Å². The summed E-state index contributed by atoms with van der Waals surface area (Å²) in [6.07, 6.45) is 0.217. The third-order valence-electron chi connectivity index (χ3n) is 5.65. The molecule has 0 saturated carbocycles. The number of hydrogen-bond donors (Lipinski definition) is 1. The highest BCUT2D eigenvalue weighted by atomic mass is 32.2. The molecule has 1 amide bonds. The van der Waals surface area contributed by atoms with E-state index >= 15 is 0 Å². The molecule has 0 unspecified atom stereocenters. The number of sulfonamides is 1. The summed E-state index contributed by atoms with van der Waals surface area (Å²) in [7, 11) is -3.59. The van der Waals surface area contributed by atoms with Crippen molar-refractivity contribution in [1.29, 1.82) is 0 Å². The lowest BCUT2D eigenvalue weighted by molar-refractivity contribution is -0.128. The maximum Gasteiger partial charge on any atom is 0.263 e. The van der Waals surface area contributed by atoms with Gasteiger partial charge < -0.3 is 10.1 Å². The van der Waals surface area contributed by atoms with E-state index in [9.17, 15) is 13.2 Å². The van der Waals surface area contributed by atoms with Gasteiger partial charge in [0.25, 0.3) is 5.91 Å². The molecular weight excluding hydrogens is 412 g/mol. The number of carbonyl (C=O) groups excluding carboxylic acids is 1. The van der Waals surface area contributed by atoms with Crippen molar-refractivity contribution in [3.8, 4) is 5.75 Å². The Hall–Kier alpha value is -2.54. The van der Waals surface area contributed by atoms with Gasteiger partial charge >= 0.3 is 0 Å². The lowest BCUT2D eigenvalue weighted by Crippen LogP contribution is -2.51. The molecule has 168 valence electrons. The summed E-state index contributed by atoms with van der Waals surface area (Å²) in [5.74, 6) is 0.0526. The van der Waals surface area contributed by atoms with Crippen molar-refractivity contribution in [1.82, 2.24) is 5.32 Å². The molecule has 0 fully saturated rings. The van der Waals surface area contributed by atoms with E-state index in [4.69, 9.17) is 4.74 Å². The number of rotatable bonds is 4. The fraction of sp³-hybridized carbons (Fsp3) is 0.458. The summed E-state index contributed by atoms with van der Waals surface area (Å²) in [6, 6.07) is 11.4. The van der Waals surface area contributed by atoms with Crippen LogP contribution in [0.25, 0.3) is 0 Å². The normalized spacial score (nSPS) is 17.5. The molecule has 0 saturated heterocycles. The Morgan fingerprint density at radius 2 is 1.84 bits per heavy atom. The SMILES string of the molecule is Cc1ccc(C)c([C@@H](C)NC(=O)[C@@H]2CN(S(C)(=O)=O)c3cc(C(C)(C)C)ccc3O2)c1. The largest absolute Gasteiger partial charge is 0.476 e. The minimum Gasteiger partial charge on any atom is -0.476 e. The molecule has 0 spiro atoms. The molecule has 0 bridgehead atoms. The number of aryl methyl sites for hydroxylation is 2. The highest BCUT2D eigenvalue weighted by molar-refractivity contribution is 7.92. The van der Waals surface area contributed by atoms with E-state index in [1.54, 1.807) is 6.07 Å².